The zero-order valence-corrected chi connectivity index (χ0v) is 12.3. The van der Waals surface area contributed by atoms with Crippen molar-refractivity contribution in [1.82, 2.24) is 0 Å². The van der Waals surface area contributed by atoms with Crippen LogP contribution >= 0.6 is 0 Å². The molecule has 2 aromatic rings. The highest BCUT2D eigenvalue weighted by molar-refractivity contribution is 5.97. The van der Waals surface area contributed by atoms with Gasteiger partial charge in [-0.25, -0.2) is 0 Å². The second-order valence-electron chi connectivity index (χ2n) is 5.81. The Bertz CT molecular complexity index is 693. The summed E-state index contributed by atoms with van der Waals surface area (Å²) in [7, 11) is 0. The molecule has 1 aliphatic heterocycles. The van der Waals surface area contributed by atoms with Crippen LogP contribution in [0.1, 0.15) is 29.8 Å². The summed E-state index contributed by atoms with van der Waals surface area (Å²) in [5.74, 6) is 0.483. The number of hydrogen-bond acceptors (Lipinski definition) is 3. The summed E-state index contributed by atoms with van der Waals surface area (Å²) >= 11 is 0. The number of aromatic hydroxyl groups is 1. The first-order chi connectivity index (χ1) is 10.1. The van der Waals surface area contributed by atoms with E-state index in [0.29, 0.717) is 11.5 Å². The molecule has 0 bridgehead atoms. The number of ketones is 1. The minimum Gasteiger partial charge on any atom is -0.507 e. The summed E-state index contributed by atoms with van der Waals surface area (Å²) in [4.78, 5) is 13.6. The third-order valence-electron chi connectivity index (χ3n) is 4.02. The van der Waals surface area contributed by atoms with Gasteiger partial charge in [0, 0.05) is 24.0 Å². The molecular formula is C18H19NO2. The van der Waals surface area contributed by atoms with Crippen molar-refractivity contribution in [2.75, 3.05) is 11.4 Å². The maximum atomic E-state index is 11.4. The fourth-order valence-electron chi connectivity index (χ4n) is 3.03. The Morgan fingerprint density at radius 2 is 2.00 bits per heavy atom. The van der Waals surface area contributed by atoms with E-state index < -0.39 is 0 Å². The highest BCUT2D eigenvalue weighted by Crippen LogP contribution is 2.37. The molecule has 3 nitrogen and oxygen atoms in total. The average molecular weight is 281 g/mol. The first-order valence-corrected chi connectivity index (χ1v) is 7.25. The van der Waals surface area contributed by atoms with Crippen LogP contribution in [0.2, 0.25) is 0 Å². The maximum Gasteiger partial charge on any atom is 0.163 e. The van der Waals surface area contributed by atoms with E-state index in [9.17, 15) is 9.90 Å². The number of phenolic OH excluding ortho intramolecular Hbond substituents is 1. The van der Waals surface area contributed by atoms with E-state index in [1.165, 1.54) is 18.2 Å². The summed E-state index contributed by atoms with van der Waals surface area (Å²) in [6.07, 6.45) is 1.07. The lowest BCUT2D eigenvalue weighted by atomic mass is 9.93. The predicted octanol–water partition coefficient (Wildman–Crippen LogP) is 3.93. The SMILES string of the molecule is CC(=O)c1ccc(N2CC(C)Cc3ccccc32)cc1O. The van der Waals surface area contributed by atoms with Crippen LogP contribution in [-0.2, 0) is 6.42 Å². The molecule has 108 valence electrons. The Labute approximate surface area is 124 Å². The van der Waals surface area contributed by atoms with Crippen LogP contribution in [0.3, 0.4) is 0 Å². The smallest absolute Gasteiger partial charge is 0.163 e. The molecule has 3 heteroatoms. The van der Waals surface area contributed by atoms with Gasteiger partial charge in [-0.15, -0.1) is 0 Å². The minimum absolute atomic E-state index is 0.0516. The van der Waals surface area contributed by atoms with Crippen LogP contribution in [0.25, 0.3) is 0 Å². The maximum absolute atomic E-state index is 11.4. The molecule has 1 atom stereocenters. The molecule has 21 heavy (non-hydrogen) atoms. The molecule has 0 aromatic heterocycles. The average Bonchev–Trinajstić information content (AvgIpc) is 2.45. The molecule has 0 saturated heterocycles. The Kier molecular flexibility index (Phi) is 3.42. The lowest BCUT2D eigenvalue weighted by molar-refractivity contribution is 0.101. The second kappa shape index (κ2) is 5.24. The zero-order valence-electron chi connectivity index (χ0n) is 12.3. The van der Waals surface area contributed by atoms with Gasteiger partial charge >= 0.3 is 0 Å². The fourth-order valence-corrected chi connectivity index (χ4v) is 3.03. The molecule has 0 fully saturated rings. The first-order valence-electron chi connectivity index (χ1n) is 7.25. The molecule has 1 unspecified atom stereocenters. The Morgan fingerprint density at radius 3 is 2.71 bits per heavy atom. The quantitative estimate of drug-likeness (QED) is 0.848. The largest absolute Gasteiger partial charge is 0.507 e. The molecule has 1 aliphatic rings. The summed E-state index contributed by atoms with van der Waals surface area (Å²) in [6.45, 7) is 4.61. The van der Waals surface area contributed by atoms with Crippen molar-refractivity contribution in [3.8, 4) is 5.75 Å². The van der Waals surface area contributed by atoms with Gasteiger partial charge in [-0.2, -0.15) is 0 Å². The summed E-state index contributed by atoms with van der Waals surface area (Å²) in [5.41, 5.74) is 3.81. The number of carbonyl (C=O) groups excluding carboxylic acids is 1. The van der Waals surface area contributed by atoms with Crippen LogP contribution in [-0.4, -0.2) is 17.4 Å². The molecule has 0 spiro atoms. The van der Waals surface area contributed by atoms with Crippen molar-refractivity contribution in [3.05, 3.63) is 53.6 Å². The molecule has 1 N–H and O–H groups in total. The Morgan fingerprint density at radius 1 is 1.24 bits per heavy atom. The lowest BCUT2D eigenvalue weighted by Gasteiger charge is -2.35. The monoisotopic (exact) mass is 281 g/mol. The van der Waals surface area contributed by atoms with Gasteiger partial charge in [0.2, 0.25) is 0 Å². The van der Waals surface area contributed by atoms with E-state index in [0.717, 1.165) is 18.7 Å². The normalized spacial score (nSPS) is 17.4. The van der Waals surface area contributed by atoms with Gasteiger partial charge < -0.3 is 10.0 Å². The zero-order chi connectivity index (χ0) is 15.0. The molecule has 2 aromatic carbocycles. The molecule has 0 amide bonds. The van der Waals surface area contributed by atoms with Crippen LogP contribution in [0.15, 0.2) is 42.5 Å². The predicted molar refractivity (Wildman–Crippen MR) is 84.4 cm³/mol. The fraction of sp³-hybridized carbons (Fsp3) is 0.278. The number of carbonyl (C=O) groups is 1. The van der Waals surface area contributed by atoms with Crippen molar-refractivity contribution >= 4 is 17.2 Å². The Balaban J connectivity index is 2.05. The number of rotatable bonds is 2. The van der Waals surface area contributed by atoms with Crippen LogP contribution in [0.5, 0.6) is 5.75 Å². The number of Topliss-reactive ketones (excluding diaryl/α,β-unsaturated/α-hetero) is 1. The van der Waals surface area contributed by atoms with E-state index in [1.807, 2.05) is 12.1 Å². The van der Waals surface area contributed by atoms with Crippen molar-refractivity contribution < 1.29 is 9.90 Å². The van der Waals surface area contributed by atoms with E-state index >= 15 is 0 Å². The lowest BCUT2D eigenvalue weighted by Crippen LogP contribution is -2.30. The molecule has 0 aliphatic carbocycles. The van der Waals surface area contributed by atoms with Gasteiger partial charge in [-0.3, -0.25) is 4.79 Å². The number of anilines is 2. The summed E-state index contributed by atoms with van der Waals surface area (Å²) < 4.78 is 0. The number of hydrogen-bond donors (Lipinski definition) is 1. The van der Waals surface area contributed by atoms with Gasteiger partial charge in [-0.05, 0) is 43.0 Å². The number of benzene rings is 2. The third kappa shape index (κ3) is 2.51. The van der Waals surface area contributed by atoms with Crippen molar-refractivity contribution in [2.45, 2.75) is 20.3 Å². The van der Waals surface area contributed by atoms with E-state index in [2.05, 4.69) is 30.0 Å². The minimum atomic E-state index is -0.119. The third-order valence-corrected chi connectivity index (χ3v) is 4.02. The number of phenols is 1. The Hall–Kier alpha value is -2.29. The van der Waals surface area contributed by atoms with Crippen molar-refractivity contribution in [3.63, 3.8) is 0 Å². The van der Waals surface area contributed by atoms with Gasteiger partial charge in [-0.1, -0.05) is 25.1 Å². The summed E-state index contributed by atoms with van der Waals surface area (Å²) in [6, 6.07) is 13.7. The number of para-hydroxylation sites is 1. The van der Waals surface area contributed by atoms with E-state index in [4.69, 9.17) is 0 Å². The number of nitrogens with zero attached hydrogens (tertiary/aromatic N) is 1. The van der Waals surface area contributed by atoms with E-state index in [1.54, 1.807) is 12.1 Å². The van der Waals surface area contributed by atoms with Gasteiger partial charge in [0.15, 0.2) is 5.78 Å². The summed E-state index contributed by atoms with van der Waals surface area (Å²) in [5, 5.41) is 10.1. The van der Waals surface area contributed by atoms with Crippen LogP contribution in [0, 0.1) is 5.92 Å². The molecular weight excluding hydrogens is 262 g/mol. The van der Waals surface area contributed by atoms with Crippen LogP contribution in [0.4, 0.5) is 11.4 Å². The molecule has 0 saturated carbocycles. The van der Waals surface area contributed by atoms with E-state index in [-0.39, 0.29) is 11.5 Å². The standard InChI is InChI=1S/C18H19NO2/c1-12-9-14-5-3-4-6-17(14)19(11-12)15-7-8-16(13(2)20)18(21)10-15/h3-8,10,12,21H,9,11H2,1-2H3. The van der Waals surface area contributed by atoms with Crippen molar-refractivity contribution in [2.24, 2.45) is 5.92 Å². The van der Waals surface area contributed by atoms with Crippen LogP contribution < -0.4 is 4.90 Å². The topological polar surface area (TPSA) is 40.5 Å². The second-order valence-corrected chi connectivity index (χ2v) is 5.81. The van der Waals surface area contributed by atoms with Gasteiger partial charge in [0.1, 0.15) is 5.75 Å². The molecule has 0 radical (unpaired) electrons. The number of fused-ring (bicyclic) bond motifs is 1. The highest BCUT2D eigenvalue weighted by atomic mass is 16.3. The first kappa shape index (κ1) is 13.7. The molecule has 3 rings (SSSR count). The highest BCUT2D eigenvalue weighted by Gasteiger charge is 2.23. The van der Waals surface area contributed by atoms with Gasteiger partial charge in [0.05, 0.1) is 5.56 Å². The molecule has 1 heterocycles. The van der Waals surface area contributed by atoms with Crippen molar-refractivity contribution in [1.29, 1.82) is 0 Å². The van der Waals surface area contributed by atoms with Gasteiger partial charge in [0.25, 0.3) is 0 Å².